The predicted octanol–water partition coefficient (Wildman–Crippen LogP) is 1.18. The highest BCUT2D eigenvalue weighted by Gasteiger charge is 2.31. The highest BCUT2D eigenvalue weighted by Crippen LogP contribution is 2.20. The van der Waals surface area contributed by atoms with E-state index in [9.17, 15) is 18.0 Å². The number of aromatic nitrogens is 2. The van der Waals surface area contributed by atoms with E-state index in [2.05, 4.69) is 5.10 Å². The van der Waals surface area contributed by atoms with E-state index in [1.165, 1.54) is 17.9 Å². The molecule has 0 unspecified atom stereocenters. The first kappa shape index (κ1) is 12.0. The average Bonchev–Trinajstić information content (AvgIpc) is 2.42. The topological polar surface area (TPSA) is 70.7 Å². The molecule has 0 aliphatic rings. The maximum Gasteiger partial charge on any atom is 0.397 e. The number of hydrogen-bond acceptors (Lipinski definition) is 3. The Morgan fingerprint density at radius 1 is 1.69 bits per heavy atom. The summed E-state index contributed by atoms with van der Waals surface area (Å²) in [6.45, 7) is 0. The second-order valence-electron chi connectivity index (χ2n) is 3.02. The van der Waals surface area contributed by atoms with Crippen LogP contribution >= 0.6 is 0 Å². The highest BCUT2D eigenvalue weighted by molar-refractivity contribution is 5.91. The number of alkyl halides is 3. The minimum atomic E-state index is -4.58. The Kier molecular flexibility index (Phi) is 3.17. The molecule has 0 aliphatic heterocycles. The second kappa shape index (κ2) is 4.22. The van der Waals surface area contributed by atoms with Gasteiger partial charge in [-0.15, -0.1) is 0 Å². The Morgan fingerprint density at radius 3 is 2.81 bits per heavy atom. The molecule has 0 radical (unpaired) electrons. The van der Waals surface area contributed by atoms with Crippen molar-refractivity contribution in [1.29, 1.82) is 5.26 Å². The fourth-order valence-electron chi connectivity index (χ4n) is 1.02. The van der Waals surface area contributed by atoms with E-state index >= 15 is 0 Å². The number of nitrogens with one attached hydrogen (secondary N) is 1. The van der Waals surface area contributed by atoms with Gasteiger partial charge in [-0.05, 0) is 0 Å². The Morgan fingerprint density at radius 2 is 2.31 bits per heavy atom. The fourth-order valence-corrected chi connectivity index (χ4v) is 1.02. The van der Waals surface area contributed by atoms with E-state index in [-0.39, 0.29) is 11.4 Å². The Hall–Kier alpha value is -2.04. The molecule has 0 bridgehead atoms. The lowest BCUT2D eigenvalue weighted by molar-refractivity contribution is -0.150. The standard InChI is InChI=1S/C8H7F3N4O/c1-15-4-5(3-12)7(14-15)13-6(16)2-8(9,10)11/h4H,2H2,1H3,(H,13,14,16). The summed E-state index contributed by atoms with van der Waals surface area (Å²) in [4.78, 5) is 10.9. The molecule has 0 fully saturated rings. The van der Waals surface area contributed by atoms with Gasteiger partial charge in [0.15, 0.2) is 5.82 Å². The van der Waals surface area contributed by atoms with Crippen molar-refractivity contribution in [3.63, 3.8) is 0 Å². The largest absolute Gasteiger partial charge is 0.397 e. The van der Waals surface area contributed by atoms with Crippen LogP contribution in [0, 0.1) is 11.3 Å². The molecule has 0 atom stereocenters. The molecule has 0 spiro atoms. The number of carbonyl (C=O) groups excluding carboxylic acids is 1. The van der Waals surface area contributed by atoms with E-state index in [0.29, 0.717) is 0 Å². The molecule has 1 rings (SSSR count). The molecule has 0 saturated heterocycles. The van der Waals surface area contributed by atoms with E-state index in [4.69, 9.17) is 5.26 Å². The third-order valence-corrected chi connectivity index (χ3v) is 1.57. The van der Waals surface area contributed by atoms with Crippen LogP contribution in [0.5, 0.6) is 0 Å². The van der Waals surface area contributed by atoms with Gasteiger partial charge >= 0.3 is 6.18 Å². The van der Waals surface area contributed by atoms with Gasteiger partial charge in [-0.3, -0.25) is 9.48 Å². The minimum Gasteiger partial charge on any atom is -0.308 e. The number of nitrogens with zero attached hydrogens (tertiary/aromatic N) is 3. The summed E-state index contributed by atoms with van der Waals surface area (Å²) in [6.07, 6.45) is -4.89. The summed E-state index contributed by atoms with van der Waals surface area (Å²) in [5.74, 6) is -1.41. The number of aryl methyl sites for hydroxylation is 1. The maximum absolute atomic E-state index is 11.8. The van der Waals surface area contributed by atoms with Crippen LogP contribution in [0.1, 0.15) is 12.0 Å². The zero-order valence-electron chi connectivity index (χ0n) is 8.17. The lowest BCUT2D eigenvalue weighted by atomic mass is 10.3. The Labute approximate surface area is 88.5 Å². The van der Waals surface area contributed by atoms with Crippen molar-refractivity contribution in [3.8, 4) is 6.07 Å². The van der Waals surface area contributed by atoms with Crippen LogP contribution in [-0.4, -0.2) is 21.9 Å². The summed E-state index contributed by atoms with van der Waals surface area (Å²) in [5.41, 5.74) is 0.0121. The zero-order chi connectivity index (χ0) is 12.3. The van der Waals surface area contributed by atoms with Crippen molar-refractivity contribution in [1.82, 2.24) is 9.78 Å². The molecular formula is C8H7F3N4O. The summed E-state index contributed by atoms with van der Waals surface area (Å²) in [7, 11) is 1.49. The van der Waals surface area contributed by atoms with E-state index in [1.807, 2.05) is 5.32 Å². The van der Waals surface area contributed by atoms with Gasteiger partial charge in [0.1, 0.15) is 18.1 Å². The van der Waals surface area contributed by atoms with E-state index < -0.39 is 18.5 Å². The molecule has 1 amide bonds. The van der Waals surface area contributed by atoms with Crippen LogP contribution in [0.15, 0.2) is 6.20 Å². The number of amides is 1. The number of carbonyl (C=O) groups is 1. The minimum absolute atomic E-state index is 0.0121. The normalized spacial score (nSPS) is 10.9. The molecule has 5 nitrogen and oxygen atoms in total. The van der Waals surface area contributed by atoms with Gasteiger partial charge < -0.3 is 5.32 Å². The van der Waals surface area contributed by atoms with Crippen molar-refractivity contribution < 1.29 is 18.0 Å². The van der Waals surface area contributed by atoms with Gasteiger partial charge in [-0.1, -0.05) is 0 Å². The first-order valence-electron chi connectivity index (χ1n) is 4.12. The second-order valence-corrected chi connectivity index (χ2v) is 3.02. The van der Waals surface area contributed by atoms with Gasteiger partial charge in [-0.25, -0.2) is 0 Å². The molecular weight excluding hydrogens is 225 g/mol. The van der Waals surface area contributed by atoms with E-state index in [1.54, 1.807) is 6.07 Å². The molecule has 8 heteroatoms. The van der Waals surface area contributed by atoms with Crippen LogP contribution in [0.4, 0.5) is 19.0 Å². The first-order chi connectivity index (χ1) is 7.31. The summed E-state index contributed by atoms with van der Waals surface area (Å²) in [5, 5.41) is 14.2. The molecule has 16 heavy (non-hydrogen) atoms. The summed E-state index contributed by atoms with van der Waals surface area (Å²) < 4.78 is 36.8. The smallest absolute Gasteiger partial charge is 0.308 e. The van der Waals surface area contributed by atoms with Crippen LogP contribution in [0.25, 0.3) is 0 Å². The number of halogens is 3. The van der Waals surface area contributed by atoms with Crippen molar-refractivity contribution >= 4 is 11.7 Å². The molecule has 0 aliphatic carbocycles. The van der Waals surface area contributed by atoms with Gasteiger partial charge in [0.25, 0.3) is 0 Å². The lowest BCUT2D eigenvalue weighted by Crippen LogP contribution is -2.21. The van der Waals surface area contributed by atoms with Crippen LogP contribution in [0.2, 0.25) is 0 Å². The van der Waals surface area contributed by atoms with Crippen LogP contribution in [-0.2, 0) is 11.8 Å². The Bertz CT molecular complexity index is 443. The zero-order valence-corrected chi connectivity index (χ0v) is 8.17. The Balaban J connectivity index is 2.74. The third kappa shape index (κ3) is 3.27. The van der Waals surface area contributed by atoms with Gasteiger partial charge in [0.2, 0.25) is 5.91 Å². The molecule has 1 aromatic heterocycles. The number of rotatable bonds is 2. The summed E-state index contributed by atoms with van der Waals surface area (Å²) in [6, 6.07) is 1.71. The van der Waals surface area contributed by atoms with E-state index in [0.717, 1.165) is 0 Å². The maximum atomic E-state index is 11.8. The van der Waals surface area contributed by atoms with Gasteiger partial charge in [0, 0.05) is 13.2 Å². The van der Waals surface area contributed by atoms with Crippen molar-refractivity contribution in [3.05, 3.63) is 11.8 Å². The quantitative estimate of drug-likeness (QED) is 0.832. The number of nitriles is 1. The molecule has 0 saturated carbocycles. The predicted molar refractivity (Wildman–Crippen MR) is 47.2 cm³/mol. The molecule has 0 aromatic carbocycles. The lowest BCUT2D eigenvalue weighted by Gasteiger charge is -2.05. The van der Waals surface area contributed by atoms with Gasteiger partial charge in [0.05, 0.1) is 0 Å². The van der Waals surface area contributed by atoms with Crippen LogP contribution < -0.4 is 5.32 Å². The monoisotopic (exact) mass is 232 g/mol. The fraction of sp³-hybridized carbons (Fsp3) is 0.375. The number of hydrogen-bond donors (Lipinski definition) is 1. The van der Waals surface area contributed by atoms with Crippen molar-refractivity contribution in [2.45, 2.75) is 12.6 Å². The van der Waals surface area contributed by atoms with Gasteiger partial charge in [-0.2, -0.15) is 23.5 Å². The first-order valence-corrected chi connectivity index (χ1v) is 4.12. The van der Waals surface area contributed by atoms with Crippen molar-refractivity contribution in [2.24, 2.45) is 7.05 Å². The third-order valence-electron chi connectivity index (χ3n) is 1.57. The molecule has 86 valence electrons. The molecule has 1 N–H and O–H groups in total. The molecule has 1 heterocycles. The molecule has 1 aromatic rings. The van der Waals surface area contributed by atoms with Crippen LogP contribution in [0.3, 0.4) is 0 Å². The van der Waals surface area contributed by atoms with Crippen molar-refractivity contribution in [2.75, 3.05) is 5.32 Å². The SMILES string of the molecule is Cn1cc(C#N)c(NC(=O)CC(F)(F)F)n1. The summed E-state index contributed by atoms with van der Waals surface area (Å²) >= 11 is 0. The average molecular weight is 232 g/mol. The number of anilines is 1. The highest BCUT2D eigenvalue weighted by atomic mass is 19.4.